The van der Waals surface area contributed by atoms with Crippen molar-refractivity contribution in [1.29, 1.82) is 5.26 Å². The number of amides is 2. The van der Waals surface area contributed by atoms with Gasteiger partial charge in [-0.1, -0.05) is 24.3 Å². The fourth-order valence-electron chi connectivity index (χ4n) is 5.24. The number of likely N-dealkylation sites (N-methyl/N-ethyl adjacent to an activating group) is 1. The molecule has 1 fully saturated rings. The van der Waals surface area contributed by atoms with Crippen LogP contribution in [-0.4, -0.2) is 66.5 Å². The monoisotopic (exact) mass is 593 g/mol. The van der Waals surface area contributed by atoms with Crippen molar-refractivity contribution in [3.05, 3.63) is 92.9 Å². The molecule has 1 aromatic heterocycles. The number of nitrogens with one attached hydrogen (secondary N) is 1. The third-order valence-electron chi connectivity index (χ3n) is 7.68. The van der Waals surface area contributed by atoms with Crippen LogP contribution in [0.5, 0.6) is 0 Å². The van der Waals surface area contributed by atoms with Crippen LogP contribution in [0.15, 0.2) is 59.5 Å². The second kappa shape index (κ2) is 13.3. The molecule has 0 aliphatic carbocycles. The highest BCUT2D eigenvalue weighted by Crippen LogP contribution is 2.32. The second-order valence-electron chi connectivity index (χ2n) is 11.1. The summed E-state index contributed by atoms with van der Waals surface area (Å²) in [5.74, 6) is -0.448. The predicted molar refractivity (Wildman–Crippen MR) is 156 cm³/mol. The van der Waals surface area contributed by atoms with E-state index in [2.05, 4.69) is 11.4 Å². The summed E-state index contributed by atoms with van der Waals surface area (Å²) in [5.41, 5.74) is 0.00329. The van der Waals surface area contributed by atoms with Crippen LogP contribution in [-0.2, 0) is 17.5 Å². The van der Waals surface area contributed by atoms with Crippen molar-refractivity contribution >= 4 is 11.8 Å². The molecule has 2 aromatic carbocycles. The number of alkyl halides is 3. The molecule has 2 amide bonds. The summed E-state index contributed by atoms with van der Waals surface area (Å²) in [7, 11) is 3.67. The van der Waals surface area contributed by atoms with Gasteiger partial charge in [0.15, 0.2) is 0 Å². The number of halogens is 3. The first-order valence-electron chi connectivity index (χ1n) is 14.0. The number of nitrogens with zero attached hydrogens (tertiary/aromatic N) is 4. The van der Waals surface area contributed by atoms with Gasteiger partial charge < -0.3 is 19.7 Å². The summed E-state index contributed by atoms with van der Waals surface area (Å²) in [6.45, 7) is 3.65. The van der Waals surface area contributed by atoms with E-state index in [1.165, 1.54) is 18.3 Å². The van der Waals surface area contributed by atoms with Gasteiger partial charge in [0.1, 0.15) is 5.56 Å². The molecule has 226 valence electrons. The van der Waals surface area contributed by atoms with Gasteiger partial charge >= 0.3 is 6.18 Å². The van der Waals surface area contributed by atoms with E-state index in [-0.39, 0.29) is 35.1 Å². The fraction of sp³-hybridized carbons (Fsp3) is 0.375. The number of aromatic nitrogens is 1. The Morgan fingerprint density at radius 3 is 2.37 bits per heavy atom. The van der Waals surface area contributed by atoms with E-state index in [0.717, 1.165) is 17.7 Å². The van der Waals surface area contributed by atoms with Crippen molar-refractivity contribution in [3.63, 3.8) is 0 Å². The minimum Gasteiger partial charge on any atom is -0.352 e. The zero-order chi connectivity index (χ0) is 31.3. The number of pyridine rings is 1. The lowest BCUT2D eigenvalue weighted by Crippen LogP contribution is -2.44. The van der Waals surface area contributed by atoms with Crippen molar-refractivity contribution in [2.24, 2.45) is 5.92 Å². The zero-order valence-electron chi connectivity index (χ0n) is 24.4. The summed E-state index contributed by atoms with van der Waals surface area (Å²) in [4.78, 5) is 43.1. The van der Waals surface area contributed by atoms with Crippen molar-refractivity contribution in [2.75, 3.05) is 40.3 Å². The Balaban J connectivity index is 1.62. The molecule has 0 atom stereocenters. The third-order valence-corrected chi connectivity index (χ3v) is 7.68. The molecule has 2 heterocycles. The molecule has 4 rings (SSSR count). The van der Waals surface area contributed by atoms with E-state index in [1.54, 1.807) is 40.7 Å². The topological polar surface area (TPSA) is 98.4 Å². The number of rotatable bonds is 8. The first-order chi connectivity index (χ1) is 20.4. The number of carbonyl (C=O) groups is 2. The number of likely N-dealkylation sites (tertiary alicyclic amines) is 1. The van der Waals surface area contributed by atoms with E-state index < -0.39 is 23.1 Å². The van der Waals surface area contributed by atoms with Gasteiger partial charge in [0.2, 0.25) is 11.3 Å². The highest BCUT2D eigenvalue weighted by molar-refractivity contribution is 5.95. The Hall–Kier alpha value is -4.43. The Morgan fingerprint density at radius 2 is 1.77 bits per heavy atom. The zero-order valence-corrected chi connectivity index (χ0v) is 24.4. The van der Waals surface area contributed by atoms with E-state index >= 15 is 0 Å². The van der Waals surface area contributed by atoms with Gasteiger partial charge in [-0.2, -0.15) is 18.4 Å². The molecule has 0 spiro atoms. The normalized spacial score (nSPS) is 14.0. The Morgan fingerprint density at radius 1 is 1.09 bits per heavy atom. The molecule has 1 aliphatic rings. The van der Waals surface area contributed by atoms with Crippen molar-refractivity contribution < 1.29 is 22.8 Å². The molecule has 1 saturated heterocycles. The fourth-order valence-corrected chi connectivity index (χ4v) is 5.24. The van der Waals surface area contributed by atoms with Crippen LogP contribution in [0, 0.1) is 24.2 Å². The lowest BCUT2D eigenvalue weighted by atomic mass is 9.96. The van der Waals surface area contributed by atoms with Crippen molar-refractivity contribution in [3.8, 4) is 17.2 Å². The van der Waals surface area contributed by atoms with Crippen LogP contribution < -0.4 is 10.7 Å². The molecule has 0 unspecified atom stereocenters. The van der Waals surface area contributed by atoms with Crippen LogP contribution in [0.3, 0.4) is 0 Å². The molecular formula is C32H34F3N5O3. The summed E-state index contributed by atoms with van der Waals surface area (Å²) in [6, 6.07) is 13.4. The van der Waals surface area contributed by atoms with E-state index in [4.69, 9.17) is 5.26 Å². The molecular weight excluding hydrogens is 559 g/mol. The predicted octanol–water partition coefficient (Wildman–Crippen LogP) is 4.29. The average Bonchev–Trinajstić information content (AvgIpc) is 2.97. The molecule has 0 radical (unpaired) electrons. The Kier molecular flexibility index (Phi) is 9.71. The van der Waals surface area contributed by atoms with Gasteiger partial charge in [-0.05, 0) is 75.2 Å². The quantitative estimate of drug-likeness (QED) is 0.420. The van der Waals surface area contributed by atoms with E-state index in [1.807, 2.05) is 19.0 Å². The lowest BCUT2D eigenvalue weighted by molar-refractivity contribution is -0.137. The number of benzene rings is 2. The summed E-state index contributed by atoms with van der Waals surface area (Å²) >= 11 is 0. The van der Waals surface area contributed by atoms with Crippen LogP contribution in [0.4, 0.5) is 13.2 Å². The minimum absolute atomic E-state index is 0.0140. The van der Waals surface area contributed by atoms with E-state index in [0.29, 0.717) is 50.3 Å². The van der Waals surface area contributed by atoms with Crippen molar-refractivity contribution in [1.82, 2.24) is 19.7 Å². The number of carbonyl (C=O) groups excluding carboxylic acids is 2. The van der Waals surface area contributed by atoms with Gasteiger partial charge in [-0.3, -0.25) is 14.4 Å². The number of piperidine rings is 1. The van der Waals surface area contributed by atoms with Gasteiger partial charge in [0, 0.05) is 43.6 Å². The maximum absolute atomic E-state index is 13.7. The lowest BCUT2D eigenvalue weighted by Gasteiger charge is -2.32. The molecule has 0 bridgehead atoms. The number of nitriles is 1. The molecule has 8 nitrogen and oxygen atoms in total. The van der Waals surface area contributed by atoms with Gasteiger partial charge in [-0.25, -0.2) is 0 Å². The number of hydrogen-bond acceptors (Lipinski definition) is 5. The van der Waals surface area contributed by atoms with Gasteiger partial charge in [0.25, 0.3) is 5.91 Å². The SMILES string of the molecule is Cc1c(-c2cccc(C(F)(F)F)c2)c(=O)c(C(=O)NCC2CCN(C(=O)CN(C)C)CC2)cn1Cc1ccc(C#N)cc1. The van der Waals surface area contributed by atoms with Gasteiger partial charge in [0.05, 0.1) is 23.7 Å². The minimum atomic E-state index is -4.60. The van der Waals surface area contributed by atoms with Crippen LogP contribution in [0.25, 0.3) is 11.1 Å². The standard InChI is InChI=1S/C32H34F3N5O3/c1-21-29(25-5-4-6-26(15-25)32(33,34)35)30(42)27(19-40(21)18-24-9-7-22(16-36)8-10-24)31(43)37-17-23-11-13-39(14-12-23)28(41)20-38(2)3/h4-10,15,19,23H,11-14,17-18,20H2,1-3H3,(H,37,43). The first-order valence-corrected chi connectivity index (χ1v) is 14.0. The average molecular weight is 594 g/mol. The summed E-state index contributed by atoms with van der Waals surface area (Å²) < 4.78 is 42.3. The molecule has 11 heteroatoms. The maximum atomic E-state index is 13.7. The van der Waals surface area contributed by atoms with Gasteiger partial charge in [-0.15, -0.1) is 0 Å². The van der Waals surface area contributed by atoms with Crippen LogP contribution >= 0.6 is 0 Å². The highest BCUT2D eigenvalue weighted by Gasteiger charge is 2.31. The van der Waals surface area contributed by atoms with E-state index in [9.17, 15) is 27.6 Å². The Labute approximate surface area is 248 Å². The first kappa shape index (κ1) is 31.5. The van der Waals surface area contributed by atoms with Crippen molar-refractivity contribution in [2.45, 2.75) is 32.5 Å². The maximum Gasteiger partial charge on any atom is 0.416 e. The number of hydrogen-bond donors (Lipinski definition) is 1. The summed E-state index contributed by atoms with van der Waals surface area (Å²) in [6.07, 6.45) is -1.77. The van der Waals surface area contributed by atoms with Crippen LogP contribution in [0.1, 0.15) is 45.6 Å². The highest BCUT2D eigenvalue weighted by atomic mass is 19.4. The molecule has 1 aliphatic heterocycles. The smallest absolute Gasteiger partial charge is 0.352 e. The molecule has 0 saturated carbocycles. The second-order valence-corrected chi connectivity index (χ2v) is 11.1. The molecule has 1 N–H and O–H groups in total. The molecule has 3 aromatic rings. The third kappa shape index (κ3) is 7.70. The largest absolute Gasteiger partial charge is 0.416 e. The Bertz CT molecular complexity index is 1580. The summed E-state index contributed by atoms with van der Waals surface area (Å²) in [5, 5.41) is 12.0. The van der Waals surface area contributed by atoms with Crippen LogP contribution in [0.2, 0.25) is 0 Å². The molecule has 43 heavy (non-hydrogen) atoms.